The van der Waals surface area contributed by atoms with Gasteiger partial charge in [0.2, 0.25) is 5.13 Å². The molecule has 1 heterocycles. The number of hydrogen-bond acceptors (Lipinski definition) is 6. The first-order valence-electron chi connectivity index (χ1n) is 5.72. The van der Waals surface area contributed by atoms with E-state index in [1.54, 1.807) is 12.1 Å². The topological polar surface area (TPSA) is 98.0 Å². The number of nitrogens with one attached hydrogen (secondary N) is 1. The van der Waals surface area contributed by atoms with Crippen molar-refractivity contribution in [2.24, 2.45) is 0 Å². The third-order valence-corrected chi connectivity index (χ3v) is 4.90. The van der Waals surface area contributed by atoms with Crippen LogP contribution >= 0.6 is 11.3 Å². The number of hydrogen-bond donors (Lipinski definition) is 2. The molecule has 0 radical (unpaired) electrons. The van der Waals surface area contributed by atoms with Gasteiger partial charge in [-0.3, -0.25) is 4.72 Å². The van der Waals surface area contributed by atoms with Crippen LogP contribution in [0.15, 0.2) is 28.6 Å². The molecule has 0 spiro atoms. The molecule has 2 aromatic rings. The van der Waals surface area contributed by atoms with Gasteiger partial charge in [0.15, 0.2) is 0 Å². The van der Waals surface area contributed by atoms with Crippen LogP contribution in [0.4, 0.5) is 10.8 Å². The molecule has 19 heavy (non-hydrogen) atoms. The van der Waals surface area contributed by atoms with Crippen LogP contribution in [0.25, 0.3) is 0 Å². The van der Waals surface area contributed by atoms with E-state index < -0.39 is 10.0 Å². The average Bonchev–Trinajstić information content (AvgIpc) is 2.79. The number of nitrogen functional groups attached to an aromatic ring is 1. The Balaban J connectivity index is 2.16. The zero-order valence-electron chi connectivity index (χ0n) is 10.3. The van der Waals surface area contributed by atoms with Gasteiger partial charge in [0.25, 0.3) is 14.4 Å². The Labute approximate surface area is 115 Å². The first-order chi connectivity index (χ1) is 9.01. The molecule has 1 aromatic heterocycles. The van der Waals surface area contributed by atoms with Gasteiger partial charge in [0.1, 0.15) is 0 Å². The van der Waals surface area contributed by atoms with Crippen molar-refractivity contribution in [1.29, 1.82) is 0 Å². The molecule has 0 saturated heterocycles. The molecule has 8 heteroatoms. The molecular formula is C11H14N4O2S2. The van der Waals surface area contributed by atoms with E-state index in [0.717, 1.165) is 24.2 Å². The number of nitrogens with two attached hydrogens (primary N) is 1. The Hall–Kier alpha value is -1.67. The molecule has 0 bridgehead atoms. The highest BCUT2D eigenvalue weighted by molar-refractivity contribution is 7.94. The summed E-state index contributed by atoms with van der Waals surface area (Å²) in [6.07, 6.45) is 2.02. The molecule has 0 fully saturated rings. The smallest absolute Gasteiger partial charge is 0.291 e. The predicted octanol–water partition coefficient (Wildman–Crippen LogP) is 1.87. The van der Waals surface area contributed by atoms with Crippen molar-refractivity contribution in [2.45, 2.75) is 24.1 Å². The van der Waals surface area contributed by atoms with Gasteiger partial charge in [0.05, 0.1) is 0 Å². The van der Waals surface area contributed by atoms with Crippen LogP contribution < -0.4 is 10.5 Å². The van der Waals surface area contributed by atoms with Gasteiger partial charge in [-0.2, -0.15) is 8.42 Å². The monoisotopic (exact) mass is 298 g/mol. The molecule has 6 nitrogen and oxygen atoms in total. The number of aryl methyl sites for hydroxylation is 1. The quantitative estimate of drug-likeness (QED) is 0.878. The summed E-state index contributed by atoms with van der Waals surface area (Å²) in [4.78, 5) is 0. The number of sulfonamides is 1. The van der Waals surface area contributed by atoms with Crippen molar-refractivity contribution in [3.8, 4) is 0 Å². The average molecular weight is 298 g/mol. The normalized spacial score (nSPS) is 11.4. The fraction of sp³-hybridized carbons (Fsp3) is 0.273. The van der Waals surface area contributed by atoms with Crippen LogP contribution in [0.2, 0.25) is 0 Å². The molecule has 0 unspecified atom stereocenters. The molecule has 0 aliphatic carbocycles. The zero-order chi connectivity index (χ0) is 13.9. The Morgan fingerprint density at radius 2 is 1.95 bits per heavy atom. The second-order valence-electron chi connectivity index (χ2n) is 3.96. The summed E-state index contributed by atoms with van der Waals surface area (Å²) in [5.74, 6) is 0. The lowest BCUT2D eigenvalue weighted by atomic mass is 10.1. The summed E-state index contributed by atoms with van der Waals surface area (Å²) >= 11 is 0.830. The lowest BCUT2D eigenvalue weighted by Crippen LogP contribution is -2.12. The van der Waals surface area contributed by atoms with Crippen LogP contribution in [-0.2, 0) is 16.4 Å². The number of anilines is 2. The van der Waals surface area contributed by atoms with Gasteiger partial charge in [-0.15, -0.1) is 10.2 Å². The van der Waals surface area contributed by atoms with Crippen LogP contribution in [0.1, 0.15) is 18.9 Å². The summed E-state index contributed by atoms with van der Waals surface area (Å²) < 4.78 is 26.2. The minimum Gasteiger partial charge on any atom is -0.374 e. The first kappa shape index (κ1) is 13.8. The van der Waals surface area contributed by atoms with E-state index in [0.29, 0.717) is 5.69 Å². The minimum atomic E-state index is -3.70. The van der Waals surface area contributed by atoms with Gasteiger partial charge in [-0.25, -0.2) is 0 Å². The largest absolute Gasteiger partial charge is 0.374 e. The van der Waals surface area contributed by atoms with Gasteiger partial charge in [-0.05, 0) is 24.1 Å². The Morgan fingerprint density at radius 3 is 2.47 bits per heavy atom. The summed E-state index contributed by atoms with van der Waals surface area (Å²) in [5.41, 5.74) is 7.04. The maximum Gasteiger partial charge on any atom is 0.291 e. The summed E-state index contributed by atoms with van der Waals surface area (Å²) in [5, 5.41) is 7.14. The van der Waals surface area contributed by atoms with Crippen molar-refractivity contribution in [3.63, 3.8) is 0 Å². The Morgan fingerprint density at radius 1 is 1.26 bits per heavy atom. The second kappa shape index (κ2) is 5.54. The molecule has 1 aromatic carbocycles. The van der Waals surface area contributed by atoms with E-state index in [1.165, 1.54) is 5.56 Å². The molecule has 102 valence electrons. The number of aromatic nitrogens is 2. The van der Waals surface area contributed by atoms with Crippen molar-refractivity contribution < 1.29 is 8.42 Å². The van der Waals surface area contributed by atoms with E-state index in [-0.39, 0.29) is 9.47 Å². The highest BCUT2D eigenvalue weighted by Crippen LogP contribution is 2.20. The SMILES string of the molecule is CCCc1ccc(NS(=O)(=O)c2nnc(N)s2)cc1. The van der Waals surface area contributed by atoms with Crippen molar-refractivity contribution in [2.75, 3.05) is 10.5 Å². The fourth-order valence-corrected chi connectivity index (χ4v) is 3.40. The third-order valence-electron chi connectivity index (χ3n) is 2.40. The third kappa shape index (κ3) is 3.42. The molecule has 0 atom stereocenters. The molecule has 0 aliphatic heterocycles. The van der Waals surface area contributed by atoms with Crippen LogP contribution in [0.3, 0.4) is 0 Å². The lowest BCUT2D eigenvalue weighted by molar-refractivity contribution is 0.599. The summed E-state index contributed by atoms with van der Waals surface area (Å²) in [6, 6.07) is 7.26. The number of benzene rings is 1. The van der Waals surface area contributed by atoms with E-state index >= 15 is 0 Å². The van der Waals surface area contributed by atoms with Gasteiger partial charge in [0, 0.05) is 5.69 Å². The van der Waals surface area contributed by atoms with Crippen molar-refractivity contribution >= 4 is 32.2 Å². The summed E-state index contributed by atoms with van der Waals surface area (Å²) in [7, 11) is -3.70. The van der Waals surface area contributed by atoms with Gasteiger partial charge >= 0.3 is 0 Å². The molecule has 2 rings (SSSR count). The molecule has 0 aliphatic rings. The zero-order valence-corrected chi connectivity index (χ0v) is 12.0. The van der Waals surface area contributed by atoms with Gasteiger partial charge < -0.3 is 5.73 Å². The standard InChI is InChI=1S/C11H14N4O2S2/c1-2-3-8-4-6-9(7-5-8)15-19(16,17)11-14-13-10(12)18-11/h4-7,15H,2-3H2,1H3,(H2,12,13). The summed E-state index contributed by atoms with van der Waals surface area (Å²) in [6.45, 7) is 2.09. The second-order valence-corrected chi connectivity index (χ2v) is 6.82. The molecule has 0 saturated carbocycles. The highest BCUT2D eigenvalue weighted by Gasteiger charge is 2.19. The van der Waals surface area contributed by atoms with E-state index in [4.69, 9.17) is 5.73 Å². The molecule has 3 N–H and O–H groups in total. The van der Waals surface area contributed by atoms with Gasteiger partial charge in [-0.1, -0.05) is 36.8 Å². The fourth-order valence-electron chi connectivity index (χ4n) is 1.56. The Kier molecular flexibility index (Phi) is 4.01. The van der Waals surface area contributed by atoms with Crippen LogP contribution in [0, 0.1) is 0 Å². The van der Waals surface area contributed by atoms with Crippen LogP contribution in [-0.4, -0.2) is 18.6 Å². The minimum absolute atomic E-state index is 0.124. The van der Waals surface area contributed by atoms with E-state index in [9.17, 15) is 8.42 Å². The maximum atomic E-state index is 12.0. The van der Waals surface area contributed by atoms with Crippen molar-refractivity contribution in [3.05, 3.63) is 29.8 Å². The molecule has 0 amide bonds. The Bertz CT molecular complexity index is 650. The first-order valence-corrected chi connectivity index (χ1v) is 8.02. The van der Waals surface area contributed by atoms with E-state index in [2.05, 4.69) is 21.8 Å². The highest BCUT2D eigenvalue weighted by atomic mass is 32.2. The van der Waals surface area contributed by atoms with Crippen molar-refractivity contribution in [1.82, 2.24) is 10.2 Å². The maximum absolute atomic E-state index is 12.0. The molecular weight excluding hydrogens is 284 g/mol. The lowest BCUT2D eigenvalue weighted by Gasteiger charge is -2.06. The number of nitrogens with zero attached hydrogens (tertiary/aromatic N) is 2. The predicted molar refractivity (Wildman–Crippen MR) is 75.6 cm³/mol. The van der Waals surface area contributed by atoms with E-state index in [1.807, 2.05) is 12.1 Å². The van der Waals surface area contributed by atoms with Crippen LogP contribution in [0.5, 0.6) is 0 Å². The number of rotatable bonds is 5.